The molecule has 0 amide bonds. The van der Waals surface area contributed by atoms with Crippen LogP contribution < -0.4 is 0 Å². The predicted molar refractivity (Wildman–Crippen MR) is 142 cm³/mol. The Bertz CT molecular complexity index is 808. The number of carbonyl (C=O) groups is 1. The number of rotatable bonds is 3. The largest absolute Gasteiger partial charge is 0.461 e. The molecule has 0 aromatic heterocycles. The summed E-state index contributed by atoms with van der Waals surface area (Å²) in [6.45, 7) is 11.4. The third kappa shape index (κ3) is 4.18. The third-order valence-corrected chi connectivity index (χ3v) is 12.7. The second-order valence-corrected chi connectivity index (χ2v) is 14.3. The smallest absolute Gasteiger partial charge is 0.302 e. The lowest BCUT2D eigenvalue weighted by Crippen LogP contribution is -2.61. The Hall–Kier alpha value is -0.650. The highest BCUT2D eigenvalue weighted by Gasteiger charge is 2.64. The van der Waals surface area contributed by atoms with Gasteiger partial charge in [-0.25, -0.2) is 0 Å². The van der Waals surface area contributed by atoms with Gasteiger partial charge in [-0.15, -0.1) is 0 Å². The van der Waals surface area contributed by atoms with Crippen LogP contribution in [-0.4, -0.2) is 71.3 Å². The highest BCUT2D eigenvalue weighted by Crippen LogP contribution is 2.67. The first-order valence-corrected chi connectivity index (χ1v) is 15.6. The number of carbonyl (C=O) groups excluding carboxylic acids is 1. The standard InChI is InChI=1S/C31H52N2O3/c1-21(34)36-28-18-22-10-11-23-24(31(22,3)20-27(28)33-16-8-5-9-17-33)12-13-30(2)25(23)19-26(29(30)35)32-14-6-4-7-15-32/h22-29,35H,4-20H2,1-3H3/t22-,23+,24?,25?,26-,27-,28-,29-,30-,31-/m0/s1. The van der Waals surface area contributed by atoms with Gasteiger partial charge in [0.15, 0.2) is 0 Å². The van der Waals surface area contributed by atoms with Gasteiger partial charge in [-0.05, 0) is 131 Å². The normalized spacial score (nSPS) is 50.1. The molecule has 10 atom stereocenters. The van der Waals surface area contributed by atoms with E-state index in [0.717, 1.165) is 18.3 Å². The summed E-state index contributed by atoms with van der Waals surface area (Å²) in [7, 11) is 0. The first kappa shape index (κ1) is 25.6. The molecule has 2 heterocycles. The molecule has 2 unspecified atom stereocenters. The predicted octanol–water partition coefficient (Wildman–Crippen LogP) is 5.25. The Balaban J connectivity index is 1.25. The fourth-order valence-electron chi connectivity index (χ4n) is 10.8. The van der Waals surface area contributed by atoms with Crippen molar-refractivity contribution in [3.05, 3.63) is 0 Å². The number of hydrogen-bond donors (Lipinski definition) is 1. The van der Waals surface area contributed by atoms with Crippen molar-refractivity contribution in [2.75, 3.05) is 26.2 Å². The van der Waals surface area contributed by atoms with E-state index in [9.17, 15) is 9.90 Å². The van der Waals surface area contributed by atoms with Crippen LogP contribution in [0.25, 0.3) is 0 Å². The van der Waals surface area contributed by atoms with Gasteiger partial charge in [0.25, 0.3) is 0 Å². The number of ether oxygens (including phenoxy) is 1. The first-order valence-electron chi connectivity index (χ1n) is 15.6. The Morgan fingerprint density at radius 2 is 1.44 bits per heavy atom. The maximum atomic E-state index is 12.1. The summed E-state index contributed by atoms with van der Waals surface area (Å²) in [6, 6.07) is 0.767. The van der Waals surface area contributed by atoms with Gasteiger partial charge >= 0.3 is 5.97 Å². The van der Waals surface area contributed by atoms with Crippen molar-refractivity contribution >= 4 is 5.97 Å². The summed E-state index contributed by atoms with van der Waals surface area (Å²) in [5.74, 6) is 2.73. The number of aliphatic hydroxyl groups is 1. The van der Waals surface area contributed by atoms with Crippen LogP contribution in [0.5, 0.6) is 0 Å². The molecule has 6 aliphatic rings. The Labute approximate surface area is 219 Å². The zero-order chi connectivity index (χ0) is 25.1. The van der Waals surface area contributed by atoms with Gasteiger partial charge in [-0.2, -0.15) is 0 Å². The highest BCUT2D eigenvalue weighted by atomic mass is 16.5. The second kappa shape index (κ2) is 9.83. The van der Waals surface area contributed by atoms with E-state index >= 15 is 0 Å². The maximum Gasteiger partial charge on any atom is 0.302 e. The number of fused-ring (bicyclic) bond motifs is 5. The summed E-state index contributed by atoms with van der Waals surface area (Å²) >= 11 is 0. The van der Waals surface area contributed by atoms with Gasteiger partial charge < -0.3 is 9.84 Å². The zero-order valence-corrected chi connectivity index (χ0v) is 23.3. The molecular formula is C31H52N2O3. The van der Waals surface area contributed by atoms with Crippen molar-refractivity contribution in [2.24, 2.45) is 34.5 Å². The molecule has 36 heavy (non-hydrogen) atoms. The number of piperidine rings is 2. The van der Waals surface area contributed by atoms with Crippen molar-refractivity contribution in [2.45, 2.75) is 129 Å². The molecule has 2 saturated heterocycles. The third-order valence-electron chi connectivity index (χ3n) is 12.7. The second-order valence-electron chi connectivity index (χ2n) is 14.3. The van der Waals surface area contributed by atoms with E-state index in [1.54, 1.807) is 6.92 Å². The van der Waals surface area contributed by atoms with Crippen molar-refractivity contribution in [3.63, 3.8) is 0 Å². The molecule has 4 saturated carbocycles. The molecule has 0 bridgehead atoms. The number of hydrogen-bond acceptors (Lipinski definition) is 5. The van der Waals surface area contributed by atoms with Crippen LogP contribution >= 0.6 is 0 Å². The summed E-state index contributed by atoms with van der Waals surface area (Å²) in [5, 5.41) is 11.7. The SMILES string of the molecule is CC(=O)O[C@H]1C[C@@H]2CC[C@H]3C4C[C@H](N5CCCCC5)[C@H](O)[C@@]4(C)CCC3[C@@]2(C)C[C@@H]1N1CCCCC1. The van der Waals surface area contributed by atoms with Crippen LogP contribution in [-0.2, 0) is 9.53 Å². The van der Waals surface area contributed by atoms with E-state index < -0.39 is 0 Å². The van der Waals surface area contributed by atoms with E-state index in [2.05, 4.69) is 23.6 Å². The topological polar surface area (TPSA) is 53.0 Å². The molecule has 0 aromatic rings. The number of nitrogens with zero attached hydrogens (tertiary/aromatic N) is 2. The van der Waals surface area contributed by atoms with E-state index in [1.807, 2.05) is 0 Å². The molecule has 6 rings (SSSR count). The molecule has 6 fully saturated rings. The van der Waals surface area contributed by atoms with E-state index in [0.29, 0.717) is 29.3 Å². The molecule has 5 nitrogen and oxygen atoms in total. The van der Waals surface area contributed by atoms with E-state index in [-0.39, 0.29) is 23.6 Å². The Morgan fingerprint density at radius 1 is 0.806 bits per heavy atom. The number of likely N-dealkylation sites (tertiary alicyclic amines) is 2. The minimum atomic E-state index is -0.159. The lowest BCUT2D eigenvalue weighted by Gasteiger charge is -2.62. The lowest BCUT2D eigenvalue weighted by atomic mass is 9.44. The minimum Gasteiger partial charge on any atom is -0.461 e. The monoisotopic (exact) mass is 500 g/mol. The van der Waals surface area contributed by atoms with Crippen molar-refractivity contribution in [1.82, 2.24) is 9.80 Å². The molecule has 0 spiro atoms. The fraction of sp³-hybridized carbons (Fsp3) is 0.968. The van der Waals surface area contributed by atoms with Crippen LogP contribution in [0.3, 0.4) is 0 Å². The first-order chi connectivity index (χ1) is 17.3. The van der Waals surface area contributed by atoms with Crippen LogP contribution in [0.4, 0.5) is 0 Å². The van der Waals surface area contributed by atoms with Gasteiger partial charge in [0, 0.05) is 19.0 Å². The lowest BCUT2D eigenvalue weighted by molar-refractivity contribution is -0.176. The molecule has 204 valence electrons. The summed E-state index contributed by atoms with van der Waals surface area (Å²) in [4.78, 5) is 17.5. The molecule has 4 aliphatic carbocycles. The quantitative estimate of drug-likeness (QED) is 0.537. The van der Waals surface area contributed by atoms with Gasteiger partial charge in [-0.3, -0.25) is 14.6 Å². The molecule has 0 aromatic carbocycles. The molecule has 0 radical (unpaired) electrons. The minimum absolute atomic E-state index is 0.0702. The average molecular weight is 501 g/mol. The van der Waals surface area contributed by atoms with Crippen molar-refractivity contribution in [1.29, 1.82) is 0 Å². The summed E-state index contributed by atoms with van der Waals surface area (Å²) in [6.07, 6.45) is 16.3. The Morgan fingerprint density at radius 3 is 2.08 bits per heavy atom. The van der Waals surface area contributed by atoms with Crippen LogP contribution in [0, 0.1) is 34.5 Å². The molecule has 5 heteroatoms. The van der Waals surface area contributed by atoms with E-state index in [4.69, 9.17) is 4.74 Å². The summed E-state index contributed by atoms with van der Waals surface area (Å²) in [5.41, 5.74) is 0.421. The van der Waals surface area contributed by atoms with Gasteiger partial charge in [0.05, 0.1) is 6.10 Å². The Kier molecular flexibility index (Phi) is 6.99. The molecule has 2 aliphatic heterocycles. The highest BCUT2D eigenvalue weighted by molar-refractivity contribution is 5.66. The number of aliphatic hydroxyl groups excluding tert-OH is 1. The van der Waals surface area contributed by atoms with E-state index in [1.165, 1.54) is 103 Å². The number of esters is 1. The van der Waals surface area contributed by atoms with Gasteiger partial charge in [0.2, 0.25) is 0 Å². The van der Waals surface area contributed by atoms with Gasteiger partial charge in [-0.1, -0.05) is 26.7 Å². The van der Waals surface area contributed by atoms with Crippen LogP contribution in [0.15, 0.2) is 0 Å². The average Bonchev–Trinajstić information content (AvgIpc) is 3.15. The molecular weight excluding hydrogens is 448 g/mol. The summed E-state index contributed by atoms with van der Waals surface area (Å²) < 4.78 is 6.05. The maximum absolute atomic E-state index is 12.1. The van der Waals surface area contributed by atoms with Crippen LogP contribution in [0.1, 0.15) is 104 Å². The van der Waals surface area contributed by atoms with Crippen LogP contribution in [0.2, 0.25) is 0 Å². The molecule has 1 N–H and O–H groups in total. The van der Waals surface area contributed by atoms with Crippen molar-refractivity contribution in [3.8, 4) is 0 Å². The van der Waals surface area contributed by atoms with Gasteiger partial charge in [0.1, 0.15) is 6.10 Å². The zero-order valence-electron chi connectivity index (χ0n) is 23.3. The van der Waals surface area contributed by atoms with Crippen molar-refractivity contribution < 1.29 is 14.6 Å². The fourth-order valence-corrected chi connectivity index (χ4v) is 10.8.